The molecule has 7 heteroatoms. The zero-order valence-corrected chi connectivity index (χ0v) is 14.9. The van der Waals surface area contributed by atoms with Gasteiger partial charge in [0.2, 0.25) is 5.91 Å². The average Bonchev–Trinajstić information content (AvgIpc) is 2.74. The van der Waals surface area contributed by atoms with Crippen LogP contribution >= 0.6 is 12.4 Å². The molecular formula is C16H25ClN4O2. The van der Waals surface area contributed by atoms with E-state index in [1.54, 1.807) is 23.2 Å². The van der Waals surface area contributed by atoms with E-state index >= 15 is 0 Å². The standard InChI is InChI=1S/C16H24N4O2.ClH/c1-5-16(6-2,10-17)14(21)18-11-7-8-12-13(9-11)20(4)15(22)19(12)3;/h7-9H,5-6,10,17H2,1-4H3,(H,18,21);1H. The summed E-state index contributed by atoms with van der Waals surface area (Å²) in [7, 11) is 3.45. The van der Waals surface area contributed by atoms with Crippen molar-refractivity contribution in [1.29, 1.82) is 0 Å². The Bertz CT molecular complexity index is 751. The van der Waals surface area contributed by atoms with Crippen LogP contribution in [0.25, 0.3) is 11.0 Å². The molecule has 0 bridgehead atoms. The fourth-order valence-corrected chi connectivity index (χ4v) is 2.80. The Balaban J connectivity index is 0.00000264. The number of benzene rings is 1. The third-order valence-electron chi connectivity index (χ3n) is 4.76. The second-order valence-electron chi connectivity index (χ2n) is 5.75. The quantitative estimate of drug-likeness (QED) is 0.873. The van der Waals surface area contributed by atoms with Crippen LogP contribution < -0.4 is 16.7 Å². The molecule has 1 heterocycles. The van der Waals surface area contributed by atoms with E-state index in [4.69, 9.17) is 5.73 Å². The summed E-state index contributed by atoms with van der Waals surface area (Å²) in [5, 5.41) is 2.94. The van der Waals surface area contributed by atoms with Gasteiger partial charge in [-0.3, -0.25) is 13.9 Å². The number of carbonyl (C=O) groups is 1. The van der Waals surface area contributed by atoms with E-state index in [9.17, 15) is 9.59 Å². The molecule has 6 nitrogen and oxygen atoms in total. The van der Waals surface area contributed by atoms with Gasteiger partial charge in [0.05, 0.1) is 16.4 Å². The van der Waals surface area contributed by atoms with Crippen molar-refractivity contribution >= 4 is 35.0 Å². The van der Waals surface area contributed by atoms with Crippen LogP contribution in [0, 0.1) is 5.41 Å². The Labute approximate surface area is 142 Å². The molecule has 1 aromatic carbocycles. The summed E-state index contributed by atoms with van der Waals surface area (Å²) in [4.78, 5) is 24.5. The zero-order chi connectivity index (χ0) is 16.5. The SMILES string of the molecule is CCC(CC)(CN)C(=O)Nc1ccc2c(c1)n(C)c(=O)n2C.Cl. The summed E-state index contributed by atoms with van der Waals surface area (Å²) < 4.78 is 3.16. The van der Waals surface area contributed by atoms with E-state index in [0.717, 1.165) is 11.0 Å². The highest BCUT2D eigenvalue weighted by Gasteiger charge is 2.33. The van der Waals surface area contributed by atoms with Crippen molar-refractivity contribution in [2.45, 2.75) is 26.7 Å². The maximum atomic E-state index is 12.6. The zero-order valence-electron chi connectivity index (χ0n) is 14.0. The molecule has 1 aromatic heterocycles. The first kappa shape index (κ1) is 19.3. The molecule has 2 rings (SSSR count). The lowest BCUT2D eigenvalue weighted by Gasteiger charge is -2.28. The van der Waals surface area contributed by atoms with E-state index in [2.05, 4.69) is 5.32 Å². The Morgan fingerprint density at radius 2 is 1.74 bits per heavy atom. The van der Waals surface area contributed by atoms with Gasteiger partial charge in [-0.2, -0.15) is 0 Å². The second-order valence-corrected chi connectivity index (χ2v) is 5.75. The lowest BCUT2D eigenvalue weighted by molar-refractivity contribution is -0.125. The number of carbonyl (C=O) groups excluding carboxylic acids is 1. The lowest BCUT2D eigenvalue weighted by atomic mass is 9.81. The normalized spacial score (nSPS) is 11.3. The number of rotatable bonds is 5. The fraction of sp³-hybridized carbons (Fsp3) is 0.500. The minimum Gasteiger partial charge on any atom is -0.329 e. The topological polar surface area (TPSA) is 82.1 Å². The molecule has 0 saturated heterocycles. The fourth-order valence-electron chi connectivity index (χ4n) is 2.80. The monoisotopic (exact) mass is 340 g/mol. The van der Waals surface area contributed by atoms with Gasteiger partial charge in [-0.15, -0.1) is 12.4 Å². The van der Waals surface area contributed by atoms with Crippen LogP contribution in [0.3, 0.4) is 0 Å². The molecule has 0 radical (unpaired) electrons. The van der Waals surface area contributed by atoms with E-state index in [1.165, 1.54) is 0 Å². The van der Waals surface area contributed by atoms with Crippen LogP contribution in [0.4, 0.5) is 5.69 Å². The number of nitrogens with two attached hydrogens (primary N) is 1. The molecule has 1 amide bonds. The maximum Gasteiger partial charge on any atom is 0.328 e. The highest BCUT2D eigenvalue weighted by atomic mass is 35.5. The number of hydrogen-bond acceptors (Lipinski definition) is 3. The van der Waals surface area contributed by atoms with E-state index in [1.807, 2.05) is 32.0 Å². The van der Waals surface area contributed by atoms with Gasteiger partial charge in [0.15, 0.2) is 0 Å². The van der Waals surface area contributed by atoms with Crippen LogP contribution in [0.5, 0.6) is 0 Å². The number of amides is 1. The molecule has 0 fully saturated rings. The summed E-state index contributed by atoms with van der Waals surface area (Å²) in [6.45, 7) is 4.26. The van der Waals surface area contributed by atoms with Crippen molar-refractivity contribution < 1.29 is 4.79 Å². The molecular weight excluding hydrogens is 316 g/mol. The molecule has 3 N–H and O–H groups in total. The van der Waals surface area contributed by atoms with E-state index in [-0.39, 0.29) is 24.0 Å². The first-order valence-electron chi connectivity index (χ1n) is 7.57. The number of nitrogens with one attached hydrogen (secondary N) is 1. The van der Waals surface area contributed by atoms with Gasteiger partial charge in [-0.1, -0.05) is 13.8 Å². The highest BCUT2D eigenvalue weighted by Crippen LogP contribution is 2.27. The first-order valence-corrected chi connectivity index (χ1v) is 7.57. The molecule has 2 aromatic rings. The first-order chi connectivity index (χ1) is 10.4. The number of imidazole rings is 1. The van der Waals surface area contributed by atoms with Crippen molar-refractivity contribution in [3.63, 3.8) is 0 Å². The molecule has 0 saturated carbocycles. The number of aromatic nitrogens is 2. The van der Waals surface area contributed by atoms with Crippen LogP contribution in [-0.2, 0) is 18.9 Å². The van der Waals surface area contributed by atoms with Gasteiger partial charge in [0.1, 0.15) is 0 Å². The lowest BCUT2D eigenvalue weighted by Crippen LogP contribution is -2.41. The highest BCUT2D eigenvalue weighted by molar-refractivity contribution is 5.97. The molecule has 0 aliphatic carbocycles. The Morgan fingerprint density at radius 3 is 2.26 bits per heavy atom. The minimum absolute atomic E-state index is 0. The number of nitrogens with zero attached hydrogens (tertiary/aromatic N) is 2. The van der Waals surface area contributed by atoms with Gasteiger partial charge in [0.25, 0.3) is 0 Å². The number of fused-ring (bicyclic) bond motifs is 1. The number of hydrogen-bond donors (Lipinski definition) is 2. The predicted molar refractivity (Wildman–Crippen MR) is 96.1 cm³/mol. The van der Waals surface area contributed by atoms with Crippen molar-refractivity contribution in [3.8, 4) is 0 Å². The Kier molecular flexibility index (Phi) is 6.02. The molecule has 0 unspecified atom stereocenters. The third-order valence-corrected chi connectivity index (χ3v) is 4.76. The predicted octanol–water partition coefficient (Wildman–Crippen LogP) is 2.00. The number of halogens is 1. The van der Waals surface area contributed by atoms with Crippen LogP contribution in [0.1, 0.15) is 26.7 Å². The van der Waals surface area contributed by atoms with E-state index in [0.29, 0.717) is 25.1 Å². The summed E-state index contributed by atoms with van der Waals surface area (Å²) in [5.74, 6) is -0.0692. The maximum absolute atomic E-state index is 12.6. The van der Waals surface area contributed by atoms with Crippen LogP contribution in [-0.4, -0.2) is 21.6 Å². The van der Waals surface area contributed by atoms with Gasteiger partial charge in [-0.25, -0.2) is 4.79 Å². The summed E-state index contributed by atoms with van der Waals surface area (Å²) >= 11 is 0. The molecule has 128 valence electrons. The molecule has 0 aliphatic rings. The summed E-state index contributed by atoms with van der Waals surface area (Å²) in [6.07, 6.45) is 1.38. The Morgan fingerprint density at radius 1 is 1.17 bits per heavy atom. The molecule has 23 heavy (non-hydrogen) atoms. The minimum atomic E-state index is -0.544. The van der Waals surface area contributed by atoms with Crippen molar-refractivity contribution in [2.24, 2.45) is 25.2 Å². The average molecular weight is 341 g/mol. The Hall–Kier alpha value is -1.79. The molecule has 0 spiro atoms. The largest absolute Gasteiger partial charge is 0.329 e. The smallest absolute Gasteiger partial charge is 0.328 e. The van der Waals surface area contributed by atoms with Gasteiger partial charge < -0.3 is 11.1 Å². The van der Waals surface area contributed by atoms with Gasteiger partial charge in [-0.05, 0) is 31.0 Å². The van der Waals surface area contributed by atoms with Crippen LogP contribution in [0.15, 0.2) is 23.0 Å². The summed E-state index contributed by atoms with van der Waals surface area (Å²) in [6, 6.07) is 5.47. The summed E-state index contributed by atoms with van der Waals surface area (Å²) in [5.41, 5.74) is 7.48. The van der Waals surface area contributed by atoms with Crippen molar-refractivity contribution in [2.75, 3.05) is 11.9 Å². The number of aryl methyl sites for hydroxylation is 2. The molecule has 0 aliphatic heterocycles. The van der Waals surface area contributed by atoms with Crippen molar-refractivity contribution in [3.05, 3.63) is 28.7 Å². The third kappa shape index (κ3) is 3.14. The van der Waals surface area contributed by atoms with Gasteiger partial charge >= 0.3 is 5.69 Å². The van der Waals surface area contributed by atoms with E-state index < -0.39 is 5.41 Å². The molecule has 0 atom stereocenters. The van der Waals surface area contributed by atoms with Gasteiger partial charge in [0, 0.05) is 26.3 Å². The second kappa shape index (κ2) is 7.19. The van der Waals surface area contributed by atoms with Crippen LogP contribution in [0.2, 0.25) is 0 Å². The number of anilines is 1. The van der Waals surface area contributed by atoms with Crippen molar-refractivity contribution in [1.82, 2.24) is 9.13 Å².